The molecule has 1 aliphatic rings. The molecule has 0 spiro atoms. The first kappa shape index (κ1) is 19.6. The molecule has 0 fully saturated rings. The number of esters is 1. The number of ether oxygens (including phenoxy) is 2. The van der Waals surface area contributed by atoms with E-state index in [-0.39, 0.29) is 11.6 Å². The van der Waals surface area contributed by atoms with Crippen molar-refractivity contribution in [2.45, 2.75) is 13.3 Å². The number of cyclic esters (lactones) is 1. The Morgan fingerprint density at radius 1 is 1.23 bits per heavy atom. The van der Waals surface area contributed by atoms with E-state index in [0.29, 0.717) is 17.2 Å². The molecule has 0 aromatic heterocycles. The molecule has 4 nitrogen and oxygen atoms in total. The number of carbonyl (C=O) groups excluding carboxylic acids is 1. The van der Waals surface area contributed by atoms with Gasteiger partial charge in [-0.15, -0.1) is 0 Å². The van der Waals surface area contributed by atoms with Gasteiger partial charge >= 0.3 is 5.97 Å². The van der Waals surface area contributed by atoms with Crippen molar-refractivity contribution in [3.63, 3.8) is 0 Å². The van der Waals surface area contributed by atoms with Gasteiger partial charge in [-0.05, 0) is 87.5 Å². The molecule has 3 rings (SSSR count). The fourth-order valence-electron chi connectivity index (χ4n) is 2.32. The van der Waals surface area contributed by atoms with Crippen LogP contribution in [0.25, 0.3) is 6.08 Å². The van der Waals surface area contributed by atoms with Crippen LogP contribution in [0.5, 0.6) is 5.75 Å². The Kier molecular flexibility index (Phi) is 6.57. The molecular weight excluding hydrogens is 579 g/mol. The van der Waals surface area contributed by atoms with Crippen LogP contribution in [0.1, 0.15) is 24.5 Å². The highest BCUT2D eigenvalue weighted by molar-refractivity contribution is 14.1. The van der Waals surface area contributed by atoms with E-state index in [1.807, 2.05) is 24.3 Å². The van der Waals surface area contributed by atoms with E-state index in [4.69, 9.17) is 21.1 Å². The maximum Gasteiger partial charge on any atom is 0.363 e. The number of aliphatic imine (C=N–C) groups is 1. The fourth-order valence-corrected chi connectivity index (χ4v) is 4.67. The third-order valence-corrected chi connectivity index (χ3v) is 5.43. The van der Waals surface area contributed by atoms with Gasteiger partial charge in [-0.3, -0.25) is 0 Å². The molecule has 0 aliphatic carbocycles. The van der Waals surface area contributed by atoms with E-state index in [1.165, 1.54) is 0 Å². The molecular formula is C19H14ClI2NO3. The summed E-state index contributed by atoms with van der Waals surface area (Å²) in [7, 11) is 0. The van der Waals surface area contributed by atoms with Crippen molar-refractivity contribution in [3.8, 4) is 5.75 Å². The monoisotopic (exact) mass is 593 g/mol. The van der Waals surface area contributed by atoms with Crippen LogP contribution in [0.4, 0.5) is 0 Å². The average Bonchev–Trinajstić information content (AvgIpc) is 2.95. The second kappa shape index (κ2) is 8.71. The number of nitrogens with zero attached hydrogens (tertiary/aromatic N) is 1. The maximum absolute atomic E-state index is 12.2. The number of hydrogen-bond donors (Lipinski definition) is 0. The van der Waals surface area contributed by atoms with Gasteiger partial charge in [0.15, 0.2) is 5.70 Å². The molecule has 134 valence electrons. The minimum Gasteiger partial charge on any atom is -0.491 e. The Morgan fingerprint density at radius 2 is 1.92 bits per heavy atom. The van der Waals surface area contributed by atoms with Crippen LogP contribution in [-0.4, -0.2) is 18.5 Å². The summed E-state index contributed by atoms with van der Waals surface area (Å²) in [6, 6.07) is 11.0. The van der Waals surface area contributed by atoms with E-state index in [9.17, 15) is 4.79 Å². The third kappa shape index (κ3) is 4.40. The molecule has 0 unspecified atom stereocenters. The molecule has 0 amide bonds. The minimum atomic E-state index is -0.490. The molecule has 0 saturated carbocycles. The second-order valence-electron chi connectivity index (χ2n) is 5.48. The van der Waals surface area contributed by atoms with Crippen LogP contribution >= 0.6 is 56.8 Å². The summed E-state index contributed by atoms with van der Waals surface area (Å²) < 4.78 is 13.0. The van der Waals surface area contributed by atoms with Crippen LogP contribution < -0.4 is 4.74 Å². The van der Waals surface area contributed by atoms with Gasteiger partial charge in [0.05, 0.1) is 24.3 Å². The lowest BCUT2D eigenvalue weighted by atomic mass is 10.2. The zero-order valence-corrected chi connectivity index (χ0v) is 18.8. The Hall–Kier alpha value is -1.13. The van der Waals surface area contributed by atoms with Gasteiger partial charge in [-0.2, -0.15) is 0 Å². The predicted octanol–water partition coefficient (Wildman–Crippen LogP) is 5.68. The lowest BCUT2D eigenvalue weighted by molar-refractivity contribution is -0.129. The predicted molar refractivity (Wildman–Crippen MR) is 120 cm³/mol. The van der Waals surface area contributed by atoms with Crippen molar-refractivity contribution in [2.24, 2.45) is 4.99 Å². The quantitative estimate of drug-likeness (QED) is 0.255. The topological polar surface area (TPSA) is 47.9 Å². The van der Waals surface area contributed by atoms with Crippen molar-refractivity contribution in [1.29, 1.82) is 0 Å². The summed E-state index contributed by atoms with van der Waals surface area (Å²) in [5.74, 6) is 0.597. The van der Waals surface area contributed by atoms with E-state index >= 15 is 0 Å². The summed E-state index contributed by atoms with van der Waals surface area (Å²) in [6.45, 7) is 2.74. The van der Waals surface area contributed by atoms with Gasteiger partial charge in [-0.1, -0.05) is 30.7 Å². The van der Waals surface area contributed by atoms with Gasteiger partial charge in [0.25, 0.3) is 0 Å². The van der Waals surface area contributed by atoms with E-state index < -0.39 is 5.97 Å². The van der Waals surface area contributed by atoms with Gasteiger partial charge < -0.3 is 9.47 Å². The lowest BCUT2D eigenvalue weighted by Crippen LogP contribution is -2.05. The van der Waals surface area contributed by atoms with Crippen LogP contribution in [0.15, 0.2) is 47.1 Å². The summed E-state index contributed by atoms with van der Waals surface area (Å²) >= 11 is 10.6. The van der Waals surface area contributed by atoms with Crippen LogP contribution in [0, 0.1) is 7.14 Å². The van der Waals surface area contributed by atoms with Crippen molar-refractivity contribution in [3.05, 3.63) is 65.4 Å². The van der Waals surface area contributed by atoms with Gasteiger partial charge in [0, 0.05) is 0 Å². The number of halogens is 3. The number of rotatable bonds is 5. The van der Waals surface area contributed by atoms with Gasteiger partial charge in [-0.25, -0.2) is 9.79 Å². The molecule has 0 saturated heterocycles. The summed E-state index contributed by atoms with van der Waals surface area (Å²) in [6.07, 6.45) is 2.66. The summed E-state index contributed by atoms with van der Waals surface area (Å²) in [5.41, 5.74) is 1.70. The Morgan fingerprint density at radius 3 is 2.58 bits per heavy atom. The van der Waals surface area contributed by atoms with E-state index in [2.05, 4.69) is 57.1 Å². The highest BCUT2D eigenvalue weighted by Gasteiger charge is 2.25. The van der Waals surface area contributed by atoms with Crippen molar-refractivity contribution >= 4 is 74.7 Å². The van der Waals surface area contributed by atoms with Crippen LogP contribution in [-0.2, 0) is 9.53 Å². The highest BCUT2D eigenvalue weighted by atomic mass is 127. The molecule has 0 N–H and O–H groups in total. The maximum atomic E-state index is 12.2. The summed E-state index contributed by atoms with van der Waals surface area (Å²) in [4.78, 5) is 16.5. The summed E-state index contributed by atoms with van der Waals surface area (Å²) in [5, 5.41) is 0.488. The highest BCUT2D eigenvalue weighted by Crippen LogP contribution is 2.31. The molecule has 0 atom stereocenters. The Bertz CT molecular complexity index is 902. The van der Waals surface area contributed by atoms with Crippen LogP contribution in [0.2, 0.25) is 5.02 Å². The molecule has 2 aromatic rings. The van der Waals surface area contributed by atoms with Crippen molar-refractivity contribution < 1.29 is 14.3 Å². The van der Waals surface area contributed by atoms with Crippen molar-refractivity contribution in [1.82, 2.24) is 0 Å². The van der Waals surface area contributed by atoms with E-state index in [0.717, 1.165) is 24.9 Å². The molecule has 7 heteroatoms. The number of hydrogen-bond acceptors (Lipinski definition) is 4. The molecule has 1 heterocycles. The zero-order chi connectivity index (χ0) is 18.7. The smallest absolute Gasteiger partial charge is 0.363 e. The van der Waals surface area contributed by atoms with Gasteiger partial charge in [0.1, 0.15) is 5.75 Å². The fraction of sp³-hybridized carbons (Fsp3) is 0.158. The first-order valence-corrected chi connectivity index (χ1v) is 10.4. The molecule has 1 aliphatic heterocycles. The number of benzene rings is 2. The molecule has 0 radical (unpaired) electrons. The molecule has 2 aromatic carbocycles. The zero-order valence-electron chi connectivity index (χ0n) is 13.8. The SMILES string of the molecule is CCCOc1c(I)cc(/C=C2\N=C(c3ccccc3Cl)OC2=O)cc1I. The largest absolute Gasteiger partial charge is 0.491 e. The lowest BCUT2D eigenvalue weighted by Gasteiger charge is -2.10. The number of carbonyl (C=O) groups is 1. The normalized spacial score (nSPS) is 15.2. The molecule has 26 heavy (non-hydrogen) atoms. The standard InChI is InChI=1S/C19H14ClI2NO3/c1-2-7-25-17-14(21)8-11(9-15(17)22)10-16-19(24)26-18(23-16)12-5-3-4-6-13(12)20/h3-6,8-10H,2,7H2,1H3/b16-10-. The van der Waals surface area contributed by atoms with E-state index in [1.54, 1.807) is 18.2 Å². The third-order valence-electron chi connectivity index (χ3n) is 3.50. The Labute approximate surface area is 183 Å². The minimum absolute atomic E-state index is 0.221. The van der Waals surface area contributed by atoms with Crippen molar-refractivity contribution in [2.75, 3.05) is 6.61 Å². The first-order valence-electron chi connectivity index (χ1n) is 7.89. The first-order chi connectivity index (χ1) is 12.5. The van der Waals surface area contributed by atoms with Crippen LogP contribution in [0.3, 0.4) is 0 Å². The molecule has 0 bridgehead atoms. The second-order valence-corrected chi connectivity index (χ2v) is 8.21. The Balaban J connectivity index is 1.92. The van der Waals surface area contributed by atoms with Gasteiger partial charge in [0.2, 0.25) is 5.90 Å². The average molecular weight is 594 g/mol.